The van der Waals surface area contributed by atoms with E-state index >= 15 is 0 Å². The van der Waals surface area contributed by atoms with E-state index in [4.69, 9.17) is 0 Å². The van der Waals surface area contributed by atoms with E-state index in [0.29, 0.717) is 16.4 Å². The fourth-order valence-electron chi connectivity index (χ4n) is 1.74. The van der Waals surface area contributed by atoms with Crippen LogP contribution in [0.25, 0.3) is 0 Å². The molecule has 1 heterocycles. The molecule has 0 fully saturated rings. The summed E-state index contributed by atoms with van der Waals surface area (Å²) in [6.45, 7) is 1.42. The molecule has 1 aromatic carbocycles. The Bertz CT molecular complexity index is 691. The first kappa shape index (κ1) is 15.8. The highest BCUT2D eigenvalue weighted by Crippen LogP contribution is 2.17. The molecule has 2 N–H and O–H groups in total. The lowest BCUT2D eigenvalue weighted by molar-refractivity contribution is -0.645. The van der Waals surface area contributed by atoms with Crippen LogP contribution in [0.3, 0.4) is 0 Å². The van der Waals surface area contributed by atoms with Crippen LogP contribution in [0, 0.1) is 5.21 Å². The highest BCUT2D eigenvalue weighted by molar-refractivity contribution is 7.99. The van der Waals surface area contributed by atoms with E-state index in [2.05, 4.69) is 10.6 Å². The molecule has 0 aliphatic rings. The average Bonchev–Trinajstić information content (AvgIpc) is 2.46. The van der Waals surface area contributed by atoms with E-state index in [1.807, 2.05) is 0 Å². The molecule has 0 aliphatic heterocycles. The normalized spacial score (nSPS) is 10.0. The average molecular weight is 317 g/mol. The molecule has 2 rings (SSSR count). The van der Waals surface area contributed by atoms with Gasteiger partial charge < -0.3 is 15.8 Å². The molecule has 0 radical (unpaired) electrons. The number of nitrogens with zero attached hydrogens (tertiary/aromatic N) is 1. The van der Waals surface area contributed by atoms with Gasteiger partial charge in [-0.1, -0.05) is 6.07 Å². The first-order chi connectivity index (χ1) is 10.5. The van der Waals surface area contributed by atoms with Crippen LogP contribution in [0.1, 0.15) is 6.92 Å². The van der Waals surface area contributed by atoms with Crippen molar-refractivity contribution in [3.8, 4) is 0 Å². The van der Waals surface area contributed by atoms with Crippen molar-refractivity contribution in [2.75, 3.05) is 16.4 Å². The number of nitrogens with one attached hydrogen (secondary N) is 2. The zero-order valence-electron chi connectivity index (χ0n) is 11.9. The highest BCUT2D eigenvalue weighted by Gasteiger charge is 2.09. The molecule has 22 heavy (non-hydrogen) atoms. The molecular weight excluding hydrogens is 302 g/mol. The second-order valence-corrected chi connectivity index (χ2v) is 5.46. The fourth-order valence-corrected chi connectivity index (χ4v) is 2.45. The zero-order valence-corrected chi connectivity index (χ0v) is 12.7. The molecule has 0 spiro atoms. The lowest BCUT2D eigenvalue weighted by Gasteiger charge is -2.07. The summed E-state index contributed by atoms with van der Waals surface area (Å²) in [7, 11) is 0. The summed E-state index contributed by atoms with van der Waals surface area (Å²) in [6, 6.07) is 11.9. The van der Waals surface area contributed by atoms with Gasteiger partial charge in [0.2, 0.25) is 11.8 Å². The predicted octanol–water partition coefficient (Wildman–Crippen LogP) is 2.01. The van der Waals surface area contributed by atoms with E-state index in [-0.39, 0.29) is 17.6 Å². The van der Waals surface area contributed by atoms with E-state index in [0.717, 1.165) is 16.5 Å². The molecule has 0 aliphatic carbocycles. The Morgan fingerprint density at radius 1 is 1.14 bits per heavy atom. The summed E-state index contributed by atoms with van der Waals surface area (Å²) in [5, 5.41) is 17.3. The predicted molar refractivity (Wildman–Crippen MR) is 85.5 cm³/mol. The summed E-state index contributed by atoms with van der Waals surface area (Å²) in [4.78, 5) is 22.9. The number of hydrogen-bond donors (Lipinski definition) is 2. The molecule has 0 unspecified atom stereocenters. The van der Waals surface area contributed by atoms with Gasteiger partial charge in [0.1, 0.15) is 0 Å². The SMILES string of the molecule is CC(=O)Nc1cccc(NC(=O)CSc2cccc[n+]2[O-])c1. The minimum atomic E-state index is -0.228. The summed E-state index contributed by atoms with van der Waals surface area (Å²) in [5.74, 6) is -0.284. The number of pyridine rings is 1. The number of hydrogen-bond acceptors (Lipinski definition) is 4. The number of carbonyl (C=O) groups excluding carboxylic acids is 2. The van der Waals surface area contributed by atoms with Gasteiger partial charge in [-0.15, -0.1) is 0 Å². The largest absolute Gasteiger partial charge is 0.618 e. The topological polar surface area (TPSA) is 85.1 Å². The summed E-state index contributed by atoms with van der Waals surface area (Å²) < 4.78 is 0.718. The molecule has 6 nitrogen and oxygen atoms in total. The van der Waals surface area contributed by atoms with E-state index in [1.165, 1.54) is 13.1 Å². The van der Waals surface area contributed by atoms with Crippen molar-refractivity contribution < 1.29 is 14.3 Å². The Hall–Kier alpha value is -2.54. The monoisotopic (exact) mass is 317 g/mol. The van der Waals surface area contributed by atoms with Crippen LogP contribution in [0.15, 0.2) is 53.7 Å². The third-order valence-corrected chi connectivity index (χ3v) is 3.62. The number of rotatable bonds is 5. The molecule has 0 saturated carbocycles. The van der Waals surface area contributed by atoms with Crippen LogP contribution in [0.5, 0.6) is 0 Å². The number of thioether (sulfide) groups is 1. The van der Waals surface area contributed by atoms with Crippen molar-refractivity contribution in [3.63, 3.8) is 0 Å². The van der Waals surface area contributed by atoms with Crippen LogP contribution in [0.2, 0.25) is 0 Å². The number of anilines is 2. The van der Waals surface area contributed by atoms with Gasteiger partial charge in [0, 0.05) is 30.4 Å². The Morgan fingerprint density at radius 2 is 1.86 bits per heavy atom. The van der Waals surface area contributed by atoms with Crippen molar-refractivity contribution in [1.29, 1.82) is 0 Å². The number of aromatic nitrogens is 1. The molecule has 0 bridgehead atoms. The highest BCUT2D eigenvalue weighted by atomic mass is 32.2. The van der Waals surface area contributed by atoms with Gasteiger partial charge in [-0.05, 0) is 36.0 Å². The molecule has 2 aromatic rings. The van der Waals surface area contributed by atoms with Crippen LogP contribution in [-0.2, 0) is 9.59 Å². The Kier molecular flexibility index (Phi) is 5.37. The summed E-state index contributed by atoms with van der Waals surface area (Å²) in [6.07, 6.45) is 1.39. The molecule has 0 atom stereocenters. The van der Waals surface area contributed by atoms with Crippen molar-refractivity contribution in [1.82, 2.24) is 0 Å². The third kappa shape index (κ3) is 4.78. The maximum absolute atomic E-state index is 11.9. The lowest BCUT2D eigenvalue weighted by Crippen LogP contribution is -2.28. The molecule has 0 saturated heterocycles. The number of carbonyl (C=O) groups is 2. The van der Waals surface area contributed by atoms with Crippen molar-refractivity contribution in [2.24, 2.45) is 0 Å². The van der Waals surface area contributed by atoms with E-state index < -0.39 is 0 Å². The first-order valence-electron chi connectivity index (χ1n) is 6.53. The van der Waals surface area contributed by atoms with Gasteiger partial charge >= 0.3 is 0 Å². The second-order valence-electron chi connectivity index (χ2n) is 4.46. The van der Waals surface area contributed by atoms with Gasteiger partial charge in [-0.3, -0.25) is 9.59 Å². The molecule has 114 valence electrons. The van der Waals surface area contributed by atoms with Crippen molar-refractivity contribution in [3.05, 3.63) is 53.9 Å². The van der Waals surface area contributed by atoms with E-state index in [1.54, 1.807) is 42.5 Å². The van der Waals surface area contributed by atoms with Crippen LogP contribution >= 0.6 is 11.8 Å². The van der Waals surface area contributed by atoms with Crippen LogP contribution < -0.4 is 15.4 Å². The standard InChI is InChI=1S/C15H15N3O3S/c1-11(19)16-12-5-4-6-13(9-12)17-14(20)10-22-15-7-2-3-8-18(15)21/h2-9H,10H2,1H3,(H,16,19)(H,17,20). The Labute approximate surface area is 132 Å². The maximum Gasteiger partial charge on any atom is 0.251 e. The van der Waals surface area contributed by atoms with Crippen LogP contribution in [0.4, 0.5) is 11.4 Å². The smallest absolute Gasteiger partial charge is 0.251 e. The lowest BCUT2D eigenvalue weighted by atomic mass is 10.2. The number of benzene rings is 1. The van der Waals surface area contributed by atoms with Gasteiger partial charge in [-0.2, -0.15) is 4.73 Å². The first-order valence-corrected chi connectivity index (χ1v) is 7.51. The number of amides is 2. The Morgan fingerprint density at radius 3 is 2.55 bits per heavy atom. The molecule has 7 heteroatoms. The summed E-state index contributed by atoms with van der Waals surface area (Å²) in [5.41, 5.74) is 1.19. The summed E-state index contributed by atoms with van der Waals surface area (Å²) >= 11 is 1.16. The minimum absolute atomic E-state index is 0.122. The quantitative estimate of drug-likeness (QED) is 0.502. The third-order valence-electron chi connectivity index (χ3n) is 2.61. The van der Waals surface area contributed by atoms with E-state index in [9.17, 15) is 14.8 Å². The maximum atomic E-state index is 11.9. The van der Waals surface area contributed by atoms with Gasteiger partial charge in [0.15, 0.2) is 6.20 Å². The van der Waals surface area contributed by atoms with Crippen molar-refractivity contribution in [2.45, 2.75) is 11.9 Å². The fraction of sp³-hybridized carbons (Fsp3) is 0.133. The second kappa shape index (κ2) is 7.46. The molecule has 2 amide bonds. The van der Waals surface area contributed by atoms with Gasteiger partial charge in [0.05, 0.1) is 5.75 Å². The zero-order chi connectivity index (χ0) is 15.9. The minimum Gasteiger partial charge on any atom is -0.618 e. The van der Waals surface area contributed by atoms with Gasteiger partial charge in [0.25, 0.3) is 5.03 Å². The van der Waals surface area contributed by atoms with Gasteiger partial charge in [-0.25, -0.2) is 0 Å². The molecule has 1 aromatic heterocycles. The van der Waals surface area contributed by atoms with Crippen LogP contribution in [-0.4, -0.2) is 17.6 Å². The Balaban J connectivity index is 1.92. The van der Waals surface area contributed by atoms with Crippen molar-refractivity contribution >= 4 is 35.0 Å². The molecular formula is C15H15N3O3S.